The van der Waals surface area contributed by atoms with Gasteiger partial charge in [-0.3, -0.25) is 0 Å². The fourth-order valence-corrected chi connectivity index (χ4v) is 2.30. The van der Waals surface area contributed by atoms with Gasteiger partial charge in [-0.15, -0.1) is 10.2 Å². The number of nitrogens with one attached hydrogen (secondary N) is 1. The molecule has 18 heavy (non-hydrogen) atoms. The summed E-state index contributed by atoms with van der Waals surface area (Å²) in [6, 6.07) is 4.11. The summed E-state index contributed by atoms with van der Waals surface area (Å²) in [7, 11) is 1.95. The molecule has 0 radical (unpaired) electrons. The maximum absolute atomic E-state index is 4.29. The van der Waals surface area contributed by atoms with Crippen molar-refractivity contribution in [1.82, 2.24) is 19.7 Å². The lowest BCUT2D eigenvalue weighted by Gasteiger charge is -2.06. The Kier molecular flexibility index (Phi) is 4.58. The lowest BCUT2D eigenvalue weighted by atomic mass is 10.3. The highest BCUT2D eigenvalue weighted by Crippen LogP contribution is 2.20. The molecule has 0 spiro atoms. The minimum absolute atomic E-state index is 0.871. The molecule has 5 nitrogen and oxygen atoms in total. The van der Waals surface area contributed by atoms with Crippen LogP contribution in [0.15, 0.2) is 29.8 Å². The third kappa shape index (κ3) is 3.46. The monoisotopic (exact) mass is 263 g/mol. The van der Waals surface area contributed by atoms with Crippen molar-refractivity contribution in [3.8, 4) is 0 Å². The van der Waals surface area contributed by atoms with E-state index in [1.54, 1.807) is 18.1 Å². The molecule has 0 unspecified atom stereocenters. The maximum Gasteiger partial charge on any atom is 0.191 e. The van der Waals surface area contributed by atoms with Crippen molar-refractivity contribution >= 4 is 17.6 Å². The molecule has 1 N–H and O–H groups in total. The quantitative estimate of drug-likeness (QED) is 0.811. The normalized spacial score (nSPS) is 10.6. The van der Waals surface area contributed by atoms with Gasteiger partial charge < -0.3 is 9.88 Å². The second-order valence-electron chi connectivity index (χ2n) is 3.99. The van der Waals surface area contributed by atoms with E-state index in [1.807, 2.05) is 23.9 Å². The molecule has 0 aromatic carbocycles. The molecular formula is C12H17N5S. The number of hydrogen-bond donors (Lipinski definition) is 1. The number of rotatable bonds is 6. The number of pyridine rings is 1. The van der Waals surface area contributed by atoms with Crippen LogP contribution in [0.3, 0.4) is 0 Å². The first-order valence-electron chi connectivity index (χ1n) is 5.95. The van der Waals surface area contributed by atoms with Crippen LogP contribution < -0.4 is 5.32 Å². The zero-order valence-corrected chi connectivity index (χ0v) is 11.4. The van der Waals surface area contributed by atoms with Gasteiger partial charge in [-0.25, -0.2) is 4.98 Å². The Labute approximate surface area is 111 Å². The highest BCUT2D eigenvalue weighted by molar-refractivity contribution is 7.98. The lowest BCUT2D eigenvalue weighted by Crippen LogP contribution is -2.02. The number of anilines is 1. The Balaban J connectivity index is 1.95. The summed E-state index contributed by atoms with van der Waals surface area (Å²) in [5.41, 5.74) is 1.23. The van der Waals surface area contributed by atoms with Gasteiger partial charge in [-0.2, -0.15) is 0 Å². The van der Waals surface area contributed by atoms with Gasteiger partial charge in [-0.05, 0) is 24.1 Å². The molecule has 0 amide bonds. The van der Waals surface area contributed by atoms with Crippen molar-refractivity contribution in [2.24, 2.45) is 7.05 Å². The molecule has 2 aromatic heterocycles. The van der Waals surface area contributed by atoms with Crippen LogP contribution in [0.1, 0.15) is 18.9 Å². The van der Waals surface area contributed by atoms with E-state index in [0.29, 0.717) is 0 Å². The van der Waals surface area contributed by atoms with Gasteiger partial charge in [0.15, 0.2) is 5.16 Å². The van der Waals surface area contributed by atoms with Crippen molar-refractivity contribution in [1.29, 1.82) is 0 Å². The van der Waals surface area contributed by atoms with Crippen molar-refractivity contribution in [3.05, 3.63) is 30.2 Å². The molecule has 0 saturated heterocycles. The molecule has 2 heterocycles. The van der Waals surface area contributed by atoms with E-state index in [0.717, 1.165) is 29.7 Å². The van der Waals surface area contributed by atoms with Gasteiger partial charge in [0.1, 0.15) is 12.1 Å². The van der Waals surface area contributed by atoms with E-state index < -0.39 is 0 Å². The van der Waals surface area contributed by atoms with E-state index in [9.17, 15) is 0 Å². The minimum atomic E-state index is 0.871. The van der Waals surface area contributed by atoms with Gasteiger partial charge in [0.2, 0.25) is 0 Å². The van der Waals surface area contributed by atoms with E-state index in [1.165, 1.54) is 5.56 Å². The van der Waals surface area contributed by atoms with Gasteiger partial charge in [0.05, 0.1) is 0 Å². The van der Waals surface area contributed by atoms with Crippen molar-refractivity contribution in [2.45, 2.75) is 24.3 Å². The number of nitrogens with zero attached hydrogens (tertiary/aromatic N) is 4. The largest absolute Gasteiger partial charge is 0.370 e. The summed E-state index contributed by atoms with van der Waals surface area (Å²) in [6.45, 7) is 3.09. The number of thioether (sulfide) groups is 1. The molecule has 2 aromatic rings. The summed E-state index contributed by atoms with van der Waals surface area (Å²) in [5, 5.41) is 12.1. The molecule has 0 fully saturated rings. The third-order valence-electron chi connectivity index (χ3n) is 2.42. The molecule has 0 aliphatic heterocycles. The van der Waals surface area contributed by atoms with Crippen LogP contribution in [0.25, 0.3) is 0 Å². The fourth-order valence-electron chi connectivity index (χ4n) is 1.46. The van der Waals surface area contributed by atoms with Crippen LogP contribution in [0, 0.1) is 0 Å². The molecule has 0 atom stereocenters. The van der Waals surface area contributed by atoms with E-state index in [2.05, 4.69) is 33.5 Å². The van der Waals surface area contributed by atoms with E-state index in [-0.39, 0.29) is 0 Å². The zero-order valence-electron chi connectivity index (χ0n) is 10.6. The SMILES string of the molecule is CCCNc1cc(CSc2nncn2C)ccn1. The average molecular weight is 263 g/mol. The van der Waals surface area contributed by atoms with E-state index in [4.69, 9.17) is 0 Å². The first kappa shape index (κ1) is 12.9. The Hall–Kier alpha value is -1.56. The van der Waals surface area contributed by atoms with Gasteiger partial charge in [-0.1, -0.05) is 18.7 Å². The van der Waals surface area contributed by atoms with Crippen LogP contribution in [0.4, 0.5) is 5.82 Å². The third-order valence-corrected chi connectivity index (χ3v) is 3.52. The summed E-state index contributed by atoms with van der Waals surface area (Å²) in [4.78, 5) is 4.29. The predicted octanol–water partition coefficient (Wildman–Crippen LogP) is 2.32. The van der Waals surface area contributed by atoms with Crippen molar-refractivity contribution in [2.75, 3.05) is 11.9 Å². The number of hydrogen-bond acceptors (Lipinski definition) is 5. The maximum atomic E-state index is 4.29. The van der Waals surface area contributed by atoms with Crippen LogP contribution in [0.5, 0.6) is 0 Å². The Morgan fingerprint density at radius 1 is 1.44 bits per heavy atom. The fraction of sp³-hybridized carbons (Fsp3) is 0.417. The Morgan fingerprint density at radius 2 is 2.33 bits per heavy atom. The minimum Gasteiger partial charge on any atom is -0.370 e. The Morgan fingerprint density at radius 3 is 3.06 bits per heavy atom. The molecule has 2 rings (SSSR count). The molecule has 0 bridgehead atoms. The Bertz CT molecular complexity index is 497. The lowest BCUT2D eigenvalue weighted by molar-refractivity contribution is 0.788. The van der Waals surface area contributed by atoms with Gasteiger partial charge in [0.25, 0.3) is 0 Å². The predicted molar refractivity (Wildman–Crippen MR) is 73.6 cm³/mol. The topological polar surface area (TPSA) is 55.6 Å². The molecular weight excluding hydrogens is 246 g/mol. The van der Waals surface area contributed by atoms with E-state index >= 15 is 0 Å². The van der Waals surface area contributed by atoms with Crippen LogP contribution >= 0.6 is 11.8 Å². The summed E-state index contributed by atoms with van der Waals surface area (Å²) in [6.07, 6.45) is 4.65. The molecule has 6 heteroatoms. The molecule has 0 saturated carbocycles. The summed E-state index contributed by atoms with van der Waals surface area (Å²) >= 11 is 1.67. The number of aromatic nitrogens is 4. The van der Waals surface area contributed by atoms with Crippen molar-refractivity contribution < 1.29 is 0 Å². The molecule has 0 aliphatic rings. The molecule has 96 valence electrons. The first-order valence-corrected chi connectivity index (χ1v) is 6.93. The first-order chi connectivity index (χ1) is 8.79. The van der Waals surface area contributed by atoms with Crippen molar-refractivity contribution in [3.63, 3.8) is 0 Å². The van der Waals surface area contributed by atoms with Gasteiger partial charge >= 0.3 is 0 Å². The standard InChI is InChI=1S/C12H17N5S/c1-3-5-13-11-7-10(4-6-14-11)8-18-12-16-15-9-17(12)2/h4,6-7,9H,3,5,8H2,1-2H3,(H,13,14). The second kappa shape index (κ2) is 6.39. The summed E-state index contributed by atoms with van der Waals surface area (Å²) in [5.74, 6) is 1.81. The van der Waals surface area contributed by atoms with Crippen LogP contribution in [0.2, 0.25) is 0 Å². The number of aryl methyl sites for hydroxylation is 1. The van der Waals surface area contributed by atoms with Crippen LogP contribution in [-0.4, -0.2) is 26.3 Å². The molecule has 0 aliphatic carbocycles. The summed E-state index contributed by atoms with van der Waals surface area (Å²) < 4.78 is 1.92. The smallest absolute Gasteiger partial charge is 0.191 e. The van der Waals surface area contributed by atoms with Gasteiger partial charge in [0, 0.05) is 25.5 Å². The average Bonchev–Trinajstić information content (AvgIpc) is 2.80. The zero-order chi connectivity index (χ0) is 12.8. The second-order valence-corrected chi connectivity index (χ2v) is 4.93. The highest BCUT2D eigenvalue weighted by atomic mass is 32.2. The van der Waals surface area contributed by atoms with Crippen LogP contribution in [-0.2, 0) is 12.8 Å². The highest BCUT2D eigenvalue weighted by Gasteiger charge is 2.03.